The topological polar surface area (TPSA) is 132 Å². The number of aromatic nitrogens is 2. The van der Waals surface area contributed by atoms with Crippen LogP contribution < -0.4 is 10.6 Å². The van der Waals surface area contributed by atoms with E-state index in [9.17, 15) is 19.7 Å². The number of nitro groups is 1. The first-order valence-electron chi connectivity index (χ1n) is 8.39. The molecule has 2 aromatic rings. The third kappa shape index (κ3) is 5.53. The molecule has 10 heteroatoms. The van der Waals surface area contributed by atoms with E-state index in [1.807, 2.05) is 20.8 Å². The van der Waals surface area contributed by atoms with Crippen molar-refractivity contribution in [2.45, 2.75) is 27.3 Å². The van der Waals surface area contributed by atoms with Crippen LogP contribution in [0.15, 0.2) is 28.8 Å². The van der Waals surface area contributed by atoms with Gasteiger partial charge in [0.1, 0.15) is 10.7 Å². The van der Waals surface area contributed by atoms with Crippen molar-refractivity contribution in [3.63, 3.8) is 0 Å². The average molecular weight is 375 g/mol. The van der Waals surface area contributed by atoms with Crippen LogP contribution in [0, 0.1) is 16.0 Å². The lowest BCUT2D eigenvalue weighted by molar-refractivity contribution is -0.402. The van der Waals surface area contributed by atoms with Crippen molar-refractivity contribution < 1.29 is 18.9 Å². The van der Waals surface area contributed by atoms with Gasteiger partial charge in [0.2, 0.25) is 5.91 Å². The highest BCUT2D eigenvalue weighted by Gasteiger charge is 2.18. The summed E-state index contributed by atoms with van der Waals surface area (Å²) in [6.07, 6.45) is 4.01. The van der Waals surface area contributed by atoms with Crippen LogP contribution in [0.25, 0.3) is 6.08 Å². The van der Waals surface area contributed by atoms with E-state index in [2.05, 4.69) is 15.7 Å². The normalized spacial score (nSPS) is 11.1. The summed E-state index contributed by atoms with van der Waals surface area (Å²) in [4.78, 5) is 34.3. The van der Waals surface area contributed by atoms with Gasteiger partial charge < -0.3 is 15.1 Å². The van der Waals surface area contributed by atoms with Crippen molar-refractivity contribution in [3.8, 4) is 0 Å². The maximum absolute atomic E-state index is 12.3. The molecule has 2 heterocycles. The molecule has 0 saturated heterocycles. The Bertz CT molecular complexity index is 865. The number of hydrogen-bond donors (Lipinski definition) is 2. The minimum atomic E-state index is -0.668. The summed E-state index contributed by atoms with van der Waals surface area (Å²) < 4.78 is 6.48. The molecule has 144 valence electrons. The molecule has 0 aliphatic heterocycles. The number of furan rings is 1. The van der Waals surface area contributed by atoms with Crippen LogP contribution in [0.4, 0.5) is 11.6 Å². The lowest BCUT2D eigenvalue weighted by Gasteiger charge is -2.07. The third-order valence-corrected chi connectivity index (χ3v) is 3.42. The van der Waals surface area contributed by atoms with E-state index in [1.54, 1.807) is 10.9 Å². The zero-order valence-electron chi connectivity index (χ0n) is 15.3. The van der Waals surface area contributed by atoms with Crippen LogP contribution >= 0.6 is 0 Å². The van der Waals surface area contributed by atoms with E-state index < -0.39 is 16.7 Å². The fraction of sp³-hybridized carbons (Fsp3) is 0.353. The fourth-order valence-electron chi connectivity index (χ4n) is 2.09. The van der Waals surface area contributed by atoms with Crippen LogP contribution in [0.1, 0.15) is 37.0 Å². The van der Waals surface area contributed by atoms with Crippen molar-refractivity contribution in [2.24, 2.45) is 5.92 Å². The van der Waals surface area contributed by atoms with Crippen molar-refractivity contribution in [2.75, 3.05) is 11.9 Å². The molecule has 0 radical (unpaired) electrons. The number of nitrogens with zero attached hydrogens (tertiary/aromatic N) is 3. The molecule has 27 heavy (non-hydrogen) atoms. The second-order valence-corrected chi connectivity index (χ2v) is 6.11. The summed E-state index contributed by atoms with van der Waals surface area (Å²) in [7, 11) is 0. The molecule has 2 amide bonds. The van der Waals surface area contributed by atoms with E-state index in [4.69, 9.17) is 4.42 Å². The molecule has 2 aromatic heterocycles. The van der Waals surface area contributed by atoms with Crippen LogP contribution in [0.2, 0.25) is 0 Å². The second-order valence-electron chi connectivity index (χ2n) is 6.11. The Morgan fingerprint density at radius 2 is 2.15 bits per heavy atom. The highest BCUT2D eigenvalue weighted by Crippen LogP contribution is 2.17. The fourth-order valence-corrected chi connectivity index (χ4v) is 2.09. The van der Waals surface area contributed by atoms with Crippen LogP contribution in [-0.4, -0.2) is 33.1 Å². The quantitative estimate of drug-likeness (QED) is 0.414. The van der Waals surface area contributed by atoms with Crippen LogP contribution in [-0.2, 0) is 11.3 Å². The smallest absolute Gasteiger partial charge is 0.401 e. The molecule has 0 aliphatic carbocycles. The Labute approximate surface area is 155 Å². The molecule has 2 N–H and O–H groups in total. The molecular formula is C17H21N5O5. The predicted molar refractivity (Wildman–Crippen MR) is 98.1 cm³/mol. The number of anilines is 1. The van der Waals surface area contributed by atoms with Gasteiger partial charge in [0.25, 0.3) is 5.91 Å². The number of carbonyl (C=O) groups is 2. The van der Waals surface area contributed by atoms with Gasteiger partial charge in [-0.05, 0) is 25.0 Å². The second kappa shape index (κ2) is 8.79. The number of aryl methyl sites for hydroxylation is 1. The summed E-state index contributed by atoms with van der Waals surface area (Å²) in [5.41, 5.74) is 0.395. The maximum atomic E-state index is 12.3. The Hall–Kier alpha value is -3.43. The highest BCUT2D eigenvalue weighted by atomic mass is 16.6. The Morgan fingerprint density at radius 3 is 2.74 bits per heavy atom. The van der Waals surface area contributed by atoms with Gasteiger partial charge in [-0.25, -0.2) is 0 Å². The maximum Gasteiger partial charge on any atom is 0.433 e. The van der Waals surface area contributed by atoms with Gasteiger partial charge in [0.15, 0.2) is 5.69 Å². The molecule has 0 fully saturated rings. The number of hydrogen-bond acceptors (Lipinski definition) is 6. The molecule has 0 bridgehead atoms. The van der Waals surface area contributed by atoms with Gasteiger partial charge in [0.05, 0.1) is 11.8 Å². The van der Waals surface area contributed by atoms with Crippen molar-refractivity contribution in [3.05, 3.63) is 46.0 Å². The van der Waals surface area contributed by atoms with Gasteiger partial charge in [-0.3, -0.25) is 24.4 Å². The zero-order valence-corrected chi connectivity index (χ0v) is 15.3. The standard InChI is InChI=1S/C17H21N5O5/c1-4-21-10-13(16(20-21)17(24)18-9-11(2)3)19-14(23)7-5-12-6-8-15(27-12)22(25)26/h5-8,10-11H,4,9H2,1-3H3,(H,18,24)(H,19,23)/b7-5+. The number of nitrogens with one attached hydrogen (secondary N) is 2. The minimum Gasteiger partial charge on any atom is -0.401 e. The van der Waals surface area contributed by atoms with E-state index in [1.165, 1.54) is 18.2 Å². The van der Waals surface area contributed by atoms with E-state index >= 15 is 0 Å². The average Bonchev–Trinajstić information content (AvgIpc) is 3.24. The number of amides is 2. The summed E-state index contributed by atoms with van der Waals surface area (Å²) >= 11 is 0. The SMILES string of the molecule is CCn1cc(NC(=O)/C=C/c2ccc([N+](=O)[O-])o2)c(C(=O)NCC(C)C)n1. The van der Waals surface area contributed by atoms with E-state index in [-0.39, 0.29) is 29.0 Å². The lowest BCUT2D eigenvalue weighted by atomic mass is 10.2. The Kier molecular flexibility index (Phi) is 6.47. The summed E-state index contributed by atoms with van der Waals surface area (Å²) in [6, 6.07) is 2.57. The summed E-state index contributed by atoms with van der Waals surface area (Å²) in [6.45, 7) is 6.82. The molecule has 0 spiro atoms. The first-order valence-corrected chi connectivity index (χ1v) is 8.39. The van der Waals surface area contributed by atoms with Gasteiger partial charge in [-0.15, -0.1) is 0 Å². The largest absolute Gasteiger partial charge is 0.433 e. The first kappa shape index (κ1) is 19.9. The zero-order chi connectivity index (χ0) is 20.0. The van der Waals surface area contributed by atoms with E-state index in [0.717, 1.165) is 6.08 Å². The van der Waals surface area contributed by atoms with Crippen molar-refractivity contribution >= 4 is 29.5 Å². The van der Waals surface area contributed by atoms with Crippen molar-refractivity contribution in [1.29, 1.82) is 0 Å². The predicted octanol–water partition coefficient (Wildman–Crippen LogP) is 2.44. The molecule has 0 atom stereocenters. The van der Waals surface area contributed by atoms with Gasteiger partial charge in [0, 0.05) is 25.4 Å². The molecule has 0 aliphatic rings. The highest BCUT2D eigenvalue weighted by molar-refractivity contribution is 6.06. The van der Waals surface area contributed by atoms with Crippen molar-refractivity contribution in [1.82, 2.24) is 15.1 Å². The molecule has 0 unspecified atom stereocenters. The molecule has 0 saturated carbocycles. The Morgan fingerprint density at radius 1 is 1.41 bits per heavy atom. The molecular weight excluding hydrogens is 354 g/mol. The summed E-state index contributed by atoms with van der Waals surface area (Å²) in [5.74, 6) is -0.876. The number of carbonyl (C=O) groups excluding carboxylic acids is 2. The van der Waals surface area contributed by atoms with E-state index in [0.29, 0.717) is 13.1 Å². The monoisotopic (exact) mass is 375 g/mol. The molecule has 10 nitrogen and oxygen atoms in total. The summed E-state index contributed by atoms with van der Waals surface area (Å²) in [5, 5.41) is 20.1. The van der Waals surface area contributed by atoms with Gasteiger partial charge in [-0.2, -0.15) is 5.10 Å². The molecule has 0 aromatic carbocycles. The number of rotatable bonds is 8. The molecule has 2 rings (SSSR count). The first-order chi connectivity index (χ1) is 12.8. The lowest BCUT2D eigenvalue weighted by Crippen LogP contribution is -2.28. The van der Waals surface area contributed by atoms with Crippen LogP contribution in [0.5, 0.6) is 0 Å². The van der Waals surface area contributed by atoms with Gasteiger partial charge >= 0.3 is 5.88 Å². The Balaban J connectivity index is 2.09. The van der Waals surface area contributed by atoms with Gasteiger partial charge in [-0.1, -0.05) is 13.8 Å². The minimum absolute atomic E-state index is 0.118. The van der Waals surface area contributed by atoms with Crippen LogP contribution in [0.3, 0.4) is 0 Å². The third-order valence-electron chi connectivity index (χ3n) is 3.42.